The summed E-state index contributed by atoms with van der Waals surface area (Å²) in [4.78, 5) is 10.9. The minimum Gasteiger partial charge on any atom is -0.402 e. The van der Waals surface area contributed by atoms with Crippen LogP contribution in [0.3, 0.4) is 0 Å². The smallest absolute Gasteiger partial charge is 0.245 e. The number of aliphatic imine (C=N–C) groups is 2. The van der Waals surface area contributed by atoms with Gasteiger partial charge >= 0.3 is 0 Å². The summed E-state index contributed by atoms with van der Waals surface area (Å²) in [5, 5.41) is 7.27. The number of alkyl halides is 2. The Labute approximate surface area is 178 Å². The van der Waals surface area contributed by atoms with Crippen molar-refractivity contribution in [2.75, 3.05) is 7.05 Å². The molecule has 0 saturated carbocycles. The largest absolute Gasteiger partial charge is 0.402 e. The summed E-state index contributed by atoms with van der Waals surface area (Å²) in [6.45, 7) is 6.27. The van der Waals surface area contributed by atoms with Crippen molar-refractivity contribution in [1.29, 1.82) is 5.41 Å². The summed E-state index contributed by atoms with van der Waals surface area (Å²) in [5.41, 5.74) is 12.8. The molecule has 2 saturated heterocycles. The third-order valence-corrected chi connectivity index (χ3v) is 5.82. The van der Waals surface area contributed by atoms with Crippen LogP contribution >= 0.6 is 0 Å². The van der Waals surface area contributed by atoms with Crippen molar-refractivity contribution >= 4 is 18.8 Å². The van der Waals surface area contributed by atoms with Crippen LogP contribution in [-0.2, 0) is 0 Å². The van der Waals surface area contributed by atoms with Crippen LogP contribution in [0.2, 0.25) is 0 Å². The van der Waals surface area contributed by atoms with Gasteiger partial charge in [0.25, 0.3) is 0 Å². The molecule has 3 atom stereocenters. The second-order valence-electron chi connectivity index (χ2n) is 8.25. The number of piperidine rings is 1. The minimum atomic E-state index is -2.72. The maximum absolute atomic E-state index is 13.4. The van der Waals surface area contributed by atoms with E-state index >= 15 is 0 Å². The number of allylic oxidation sites excluding steroid dienone is 2. The molecule has 0 radical (unpaired) electrons. The summed E-state index contributed by atoms with van der Waals surface area (Å²) < 4.78 is 26.9. The molecule has 2 aliphatic heterocycles. The summed E-state index contributed by atoms with van der Waals surface area (Å²) in [7, 11) is 1.72. The lowest BCUT2D eigenvalue weighted by Crippen LogP contribution is -2.44. The molecule has 30 heavy (non-hydrogen) atoms. The molecule has 0 aliphatic carbocycles. The first kappa shape index (κ1) is 24.1. The fourth-order valence-corrected chi connectivity index (χ4v) is 4.41. The average Bonchev–Trinajstić information content (AvgIpc) is 2.94. The Hall–Kier alpha value is -2.13. The highest BCUT2D eigenvalue weighted by molar-refractivity contribution is 5.84. The number of rotatable bonds is 10. The highest BCUT2D eigenvalue weighted by Crippen LogP contribution is 2.43. The molecule has 168 valence electrons. The van der Waals surface area contributed by atoms with Gasteiger partial charge in [0, 0.05) is 42.4 Å². The molecule has 2 heterocycles. The summed E-state index contributed by atoms with van der Waals surface area (Å²) >= 11 is 0. The van der Waals surface area contributed by atoms with Crippen molar-refractivity contribution in [3.05, 3.63) is 23.7 Å². The second-order valence-corrected chi connectivity index (χ2v) is 8.25. The first-order valence-corrected chi connectivity index (χ1v) is 10.5. The predicted molar refractivity (Wildman–Crippen MR) is 119 cm³/mol. The maximum Gasteiger partial charge on any atom is 0.245 e. The molecule has 5 N–H and O–H groups in total. The van der Waals surface area contributed by atoms with E-state index < -0.39 is 5.92 Å². The van der Waals surface area contributed by atoms with E-state index in [1.807, 2.05) is 6.08 Å². The van der Waals surface area contributed by atoms with Gasteiger partial charge in [-0.25, -0.2) is 18.8 Å². The second kappa shape index (κ2) is 10.8. The fourth-order valence-electron chi connectivity index (χ4n) is 4.41. The highest BCUT2D eigenvalue weighted by Gasteiger charge is 2.42. The highest BCUT2D eigenvalue weighted by atomic mass is 19.3. The SMILES string of the molecule is C=NC(C)=N/C(=C/C(CCC(C)(F)F)NNC)N1C2CCC1CC(/C(N)=C/C=N)C2. The Bertz CT molecular complexity index is 682. The van der Waals surface area contributed by atoms with E-state index in [1.54, 1.807) is 20.0 Å². The van der Waals surface area contributed by atoms with Crippen LogP contribution < -0.4 is 16.6 Å². The van der Waals surface area contributed by atoms with Crippen molar-refractivity contribution in [2.45, 2.75) is 76.4 Å². The molecule has 3 unspecified atom stereocenters. The molecular formula is C21H35F2N7. The van der Waals surface area contributed by atoms with E-state index in [2.05, 4.69) is 32.5 Å². The van der Waals surface area contributed by atoms with E-state index in [4.69, 9.17) is 11.1 Å². The van der Waals surface area contributed by atoms with Gasteiger partial charge in [0.1, 0.15) is 11.7 Å². The van der Waals surface area contributed by atoms with E-state index in [0.29, 0.717) is 5.84 Å². The van der Waals surface area contributed by atoms with Gasteiger partial charge in [-0.2, -0.15) is 0 Å². The molecule has 2 fully saturated rings. The lowest BCUT2D eigenvalue weighted by Gasteiger charge is -2.41. The lowest BCUT2D eigenvalue weighted by molar-refractivity contribution is 0.00910. The molecule has 7 nitrogen and oxygen atoms in total. The van der Waals surface area contributed by atoms with Crippen LogP contribution in [0, 0.1) is 11.3 Å². The van der Waals surface area contributed by atoms with Crippen molar-refractivity contribution in [2.24, 2.45) is 21.6 Å². The topological polar surface area (TPSA) is 102 Å². The van der Waals surface area contributed by atoms with Crippen molar-refractivity contribution in [3.63, 3.8) is 0 Å². The van der Waals surface area contributed by atoms with Crippen LogP contribution in [-0.4, -0.2) is 54.8 Å². The Balaban J connectivity index is 2.30. The number of hydrogen-bond acceptors (Lipinski definition) is 6. The maximum atomic E-state index is 13.4. The van der Waals surface area contributed by atoms with Gasteiger partial charge in [0.2, 0.25) is 5.92 Å². The van der Waals surface area contributed by atoms with Gasteiger partial charge in [-0.1, -0.05) is 0 Å². The molecule has 9 heteroatoms. The zero-order chi connectivity index (χ0) is 22.3. The molecule has 0 aromatic carbocycles. The van der Waals surface area contributed by atoms with Crippen LogP contribution in [0.15, 0.2) is 33.7 Å². The van der Waals surface area contributed by atoms with Gasteiger partial charge < -0.3 is 16.0 Å². The summed E-state index contributed by atoms with van der Waals surface area (Å²) in [6.07, 6.45) is 8.69. The number of nitrogens with one attached hydrogen (secondary N) is 3. The van der Waals surface area contributed by atoms with Gasteiger partial charge in [-0.05, 0) is 71.9 Å². The van der Waals surface area contributed by atoms with Crippen molar-refractivity contribution in [3.8, 4) is 0 Å². The third kappa shape index (κ3) is 6.70. The lowest BCUT2D eigenvalue weighted by atomic mass is 9.88. The Morgan fingerprint density at radius 2 is 2.00 bits per heavy atom. The van der Waals surface area contributed by atoms with E-state index in [0.717, 1.165) is 44.1 Å². The predicted octanol–water partition coefficient (Wildman–Crippen LogP) is 3.21. The molecule has 2 bridgehead atoms. The molecule has 0 aromatic heterocycles. The van der Waals surface area contributed by atoms with Gasteiger partial charge in [0.15, 0.2) is 0 Å². The van der Waals surface area contributed by atoms with Gasteiger partial charge in [-0.3, -0.25) is 10.9 Å². The number of hydrazine groups is 1. The number of halogens is 2. The molecule has 2 rings (SSSR count). The number of nitrogens with zero attached hydrogens (tertiary/aromatic N) is 3. The number of hydrogen-bond donors (Lipinski definition) is 4. The normalized spacial score (nSPS) is 26.6. The van der Waals surface area contributed by atoms with Crippen LogP contribution in [0.1, 0.15) is 52.4 Å². The molecule has 0 amide bonds. The Kier molecular flexibility index (Phi) is 8.66. The van der Waals surface area contributed by atoms with Gasteiger partial charge in [-0.15, -0.1) is 0 Å². The average molecular weight is 424 g/mol. The van der Waals surface area contributed by atoms with Crippen LogP contribution in [0.5, 0.6) is 0 Å². The first-order chi connectivity index (χ1) is 14.2. The number of fused-ring (bicyclic) bond motifs is 2. The Morgan fingerprint density at radius 1 is 1.37 bits per heavy atom. The quantitative estimate of drug-likeness (QED) is 0.246. The van der Waals surface area contributed by atoms with Crippen LogP contribution in [0.25, 0.3) is 0 Å². The molecular weight excluding hydrogens is 388 g/mol. The van der Waals surface area contributed by atoms with Crippen molar-refractivity contribution in [1.82, 2.24) is 15.8 Å². The van der Waals surface area contributed by atoms with E-state index in [1.165, 1.54) is 6.21 Å². The standard InChI is InChI=1S/C21H35F2N7/c1-14(26-3)28-20(13-16(29-27-4)7-9-21(2,22)23)30-17-5-6-18(30)12-15(11-17)19(25)8-10-24/h8,10,13,15-18,24,27,29H,3,5-7,9,11-12,25H2,1-2,4H3/b19-8-,20-13-,24-10?,28-14?. The Morgan fingerprint density at radius 3 is 2.50 bits per heavy atom. The zero-order valence-electron chi connectivity index (χ0n) is 18.2. The molecule has 0 spiro atoms. The van der Waals surface area contributed by atoms with E-state index in [-0.39, 0.29) is 36.9 Å². The number of amidine groups is 1. The summed E-state index contributed by atoms with van der Waals surface area (Å²) in [5.74, 6) is -1.20. The number of nitrogens with two attached hydrogens (primary N) is 1. The van der Waals surface area contributed by atoms with Crippen LogP contribution in [0.4, 0.5) is 8.78 Å². The zero-order valence-corrected chi connectivity index (χ0v) is 18.2. The molecule has 0 aromatic rings. The minimum absolute atomic E-state index is 0.224. The third-order valence-electron chi connectivity index (χ3n) is 5.82. The fraction of sp³-hybridized carbons (Fsp3) is 0.667. The van der Waals surface area contributed by atoms with Gasteiger partial charge in [0.05, 0.1) is 0 Å². The first-order valence-electron chi connectivity index (χ1n) is 10.5. The molecule has 2 aliphatic rings. The summed E-state index contributed by atoms with van der Waals surface area (Å²) in [6, 6.07) is 0.223. The van der Waals surface area contributed by atoms with Crippen molar-refractivity contribution < 1.29 is 8.78 Å². The monoisotopic (exact) mass is 423 g/mol. The van der Waals surface area contributed by atoms with E-state index in [9.17, 15) is 8.78 Å².